The lowest BCUT2D eigenvalue weighted by molar-refractivity contribution is 0.0693. The highest BCUT2D eigenvalue weighted by Gasteiger charge is 2.26. The zero-order valence-electron chi connectivity index (χ0n) is 11.7. The van der Waals surface area contributed by atoms with Gasteiger partial charge in [0.2, 0.25) is 0 Å². The first-order valence-corrected chi connectivity index (χ1v) is 9.17. The van der Waals surface area contributed by atoms with Gasteiger partial charge in [-0.3, -0.25) is 4.79 Å². The van der Waals surface area contributed by atoms with Gasteiger partial charge in [-0.1, -0.05) is 12.8 Å². The third kappa shape index (κ3) is 3.74. The Morgan fingerprint density at radius 3 is 2.67 bits per heavy atom. The molecule has 4 nitrogen and oxygen atoms in total. The van der Waals surface area contributed by atoms with Gasteiger partial charge >= 0.3 is 0 Å². The summed E-state index contributed by atoms with van der Waals surface area (Å²) in [5.41, 5.74) is -0.118. The molecular formula is C14H17ClFNO3S. The van der Waals surface area contributed by atoms with Crippen molar-refractivity contribution in [1.29, 1.82) is 0 Å². The first kappa shape index (κ1) is 16.2. The SMILES string of the molecule is CC1CCCCCN1C(=O)c1ccc(S(=O)(=O)Cl)cc1F. The number of carbonyl (C=O) groups excluding carboxylic acids is 1. The van der Waals surface area contributed by atoms with Crippen LogP contribution in [0.5, 0.6) is 0 Å². The molecule has 0 spiro atoms. The van der Waals surface area contributed by atoms with Gasteiger partial charge in [0.1, 0.15) is 5.82 Å². The van der Waals surface area contributed by atoms with Crippen LogP contribution in [-0.2, 0) is 9.05 Å². The van der Waals surface area contributed by atoms with Crippen LogP contribution >= 0.6 is 10.7 Å². The molecule has 0 aromatic heterocycles. The highest BCUT2D eigenvalue weighted by atomic mass is 35.7. The van der Waals surface area contributed by atoms with Gasteiger partial charge in [0.25, 0.3) is 15.0 Å². The number of hydrogen-bond donors (Lipinski definition) is 0. The van der Waals surface area contributed by atoms with E-state index in [2.05, 4.69) is 0 Å². The molecule has 1 aliphatic rings. The summed E-state index contributed by atoms with van der Waals surface area (Å²) in [7, 11) is 1.16. The van der Waals surface area contributed by atoms with E-state index in [4.69, 9.17) is 10.7 Å². The summed E-state index contributed by atoms with van der Waals surface area (Å²) < 4.78 is 36.4. The Morgan fingerprint density at radius 2 is 2.05 bits per heavy atom. The quantitative estimate of drug-likeness (QED) is 0.781. The van der Waals surface area contributed by atoms with Crippen LogP contribution in [0.4, 0.5) is 4.39 Å². The molecule has 1 amide bonds. The summed E-state index contributed by atoms with van der Waals surface area (Å²) in [6.07, 6.45) is 3.89. The van der Waals surface area contributed by atoms with Gasteiger partial charge in [-0.2, -0.15) is 0 Å². The maximum absolute atomic E-state index is 14.0. The predicted molar refractivity (Wildman–Crippen MR) is 78.4 cm³/mol. The van der Waals surface area contributed by atoms with Crippen molar-refractivity contribution in [2.75, 3.05) is 6.54 Å². The molecule has 1 heterocycles. The molecule has 21 heavy (non-hydrogen) atoms. The monoisotopic (exact) mass is 333 g/mol. The number of carbonyl (C=O) groups is 1. The number of hydrogen-bond acceptors (Lipinski definition) is 3. The first-order valence-electron chi connectivity index (χ1n) is 6.86. The van der Waals surface area contributed by atoms with E-state index < -0.39 is 20.8 Å². The van der Waals surface area contributed by atoms with Gasteiger partial charge in [0.05, 0.1) is 10.5 Å². The van der Waals surface area contributed by atoms with Crippen molar-refractivity contribution in [2.45, 2.75) is 43.5 Å². The van der Waals surface area contributed by atoms with Crippen molar-refractivity contribution in [3.63, 3.8) is 0 Å². The minimum absolute atomic E-state index is 0.0517. The van der Waals surface area contributed by atoms with Crippen molar-refractivity contribution < 1.29 is 17.6 Å². The van der Waals surface area contributed by atoms with Crippen molar-refractivity contribution in [3.05, 3.63) is 29.6 Å². The maximum Gasteiger partial charge on any atom is 0.261 e. The fraction of sp³-hybridized carbons (Fsp3) is 0.500. The summed E-state index contributed by atoms with van der Waals surface area (Å²) in [5.74, 6) is -1.27. The van der Waals surface area contributed by atoms with Crippen molar-refractivity contribution in [3.8, 4) is 0 Å². The Kier molecular flexibility index (Phi) is 4.88. The average molecular weight is 334 g/mol. The maximum atomic E-state index is 14.0. The Bertz CT molecular complexity index is 648. The number of halogens is 2. The van der Waals surface area contributed by atoms with E-state index in [0.29, 0.717) is 6.54 Å². The summed E-state index contributed by atoms with van der Waals surface area (Å²) in [6.45, 7) is 2.54. The van der Waals surface area contributed by atoms with E-state index in [1.807, 2.05) is 6.92 Å². The van der Waals surface area contributed by atoms with Crippen molar-refractivity contribution in [1.82, 2.24) is 4.90 Å². The largest absolute Gasteiger partial charge is 0.336 e. The van der Waals surface area contributed by atoms with Gasteiger partial charge in [-0.05, 0) is 38.0 Å². The number of rotatable bonds is 2. The van der Waals surface area contributed by atoms with Gasteiger partial charge in [-0.25, -0.2) is 12.8 Å². The minimum Gasteiger partial charge on any atom is -0.336 e. The normalized spacial score (nSPS) is 20.1. The third-order valence-electron chi connectivity index (χ3n) is 3.77. The summed E-state index contributed by atoms with van der Waals surface area (Å²) in [4.78, 5) is 13.8. The molecule has 2 rings (SSSR count). The van der Waals surface area contributed by atoms with Gasteiger partial charge in [0.15, 0.2) is 0 Å². The van der Waals surface area contributed by atoms with Crippen LogP contribution < -0.4 is 0 Å². The minimum atomic E-state index is -4.00. The van der Waals surface area contributed by atoms with Crippen molar-refractivity contribution in [2.24, 2.45) is 0 Å². The second-order valence-electron chi connectivity index (χ2n) is 5.28. The standard InChI is InChI=1S/C14H17ClFNO3S/c1-10-5-3-2-4-8-17(10)14(18)12-7-6-11(9-13(12)16)21(15,19)20/h6-7,9-10H,2-5,8H2,1H3. The molecule has 0 bridgehead atoms. The Labute approximate surface area is 128 Å². The fourth-order valence-electron chi connectivity index (χ4n) is 2.55. The molecule has 1 saturated heterocycles. The number of amides is 1. The second-order valence-corrected chi connectivity index (χ2v) is 7.84. The van der Waals surface area contributed by atoms with E-state index in [9.17, 15) is 17.6 Å². The molecule has 116 valence electrons. The Morgan fingerprint density at radius 1 is 1.33 bits per heavy atom. The number of nitrogens with zero attached hydrogens (tertiary/aromatic N) is 1. The van der Waals surface area contributed by atoms with E-state index in [1.54, 1.807) is 4.90 Å². The predicted octanol–water partition coefficient (Wildman–Crippen LogP) is 3.16. The number of likely N-dealkylation sites (tertiary alicyclic amines) is 1. The van der Waals surface area contributed by atoms with Crippen LogP contribution in [0.1, 0.15) is 43.0 Å². The molecule has 1 fully saturated rings. The van der Waals surface area contributed by atoms with Crippen LogP contribution in [0.3, 0.4) is 0 Å². The molecule has 1 aromatic rings. The van der Waals surface area contributed by atoms with Crippen LogP contribution in [0.2, 0.25) is 0 Å². The van der Waals surface area contributed by atoms with E-state index in [0.717, 1.165) is 37.8 Å². The molecule has 1 aromatic carbocycles. The lowest BCUT2D eigenvalue weighted by Crippen LogP contribution is -2.38. The first-order chi connectivity index (χ1) is 9.80. The zero-order valence-corrected chi connectivity index (χ0v) is 13.3. The lowest BCUT2D eigenvalue weighted by Gasteiger charge is -2.27. The summed E-state index contributed by atoms with van der Waals surface area (Å²) >= 11 is 0. The molecule has 0 N–H and O–H groups in total. The van der Waals surface area contributed by atoms with Crippen LogP contribution in [0, 0.1) is 5.82 Å². The van der Waals surface area contributed by atoms with E-state index >= 15 is 0 Å². The molecule has 0 saturated carbocycles. The zero-order chi connectivity index (χ0) is 15.6. The van der Waals surface area contributed by atoms with Gasteiger partial charge in [-0.15, -0.1) is 0 Å². The van der Waals surface area contributed by atoms with Crippen LogP contribution in [-0.4, -0.2) is 31.8 Å². The van der Waals surface area contributed by atoms with Gasteiger partial charge in [0, 0.05) is 23.3 Å². The smallest absolute Gasteiger partial charge is 0.261 e. The fourth-order valence-corrected chi connectivity index (χ4v) is 3.32. The summed E-state index contributed by atoms with van der Waals surface area (Å²) in [5, 5.41) is 0. The molecule has 0 radical (unpaired) electrons. The number of benzene rings is 1. The third-order valence-corrected chi connectivity index (χ3v) is 5.12. The Balaban J connectivity index is 2.31. The summed E-state index contributed by atoms with van der Waals surface area (Å²) in [6, 6.07) is 3.18. The lowest BCUT2D eigenvalue weighted by atomic mass is 10.1. The van der Waals surface area contributed by atoms with Crippen LogP contribution in [0.15, 0.2) is 23.1 Å². The van der Waals surface area contributed by atoms with Crippen molar-refractivity contribution >= 4 is 25.6 Å². The highest BCUT2D eigenvalue weighted by Crippen LogP contribution is 2.23. The van der Waals surface area contributed by atoms with E-state index in [1.165, 1.54) is 6.07 Å². The van der Waals surface area contributed by atoms with E-state index in [-0.39, 0.29) is 16.5 Å². The molecule has 1 unspecified atom stereocenters. The topological polar surface area (TPSA) is 54.5 Å². The highest BCUT2D eigenvalue weighted by molar-refractivity contribution is 8.13. The molecular weight excluding hydrogens is 317 g/mol. The molecule has 1 atom stereocenters. The van der Waals surface area contributed by atoms with Crippen LogP contribution in [0.25, 0.3) is 0 Å². The van der Waals surface area contributed by atoms with Gasteiger partial charge < -0.3 is 4.90 Å². The second kappa shape index (κ2) is 6.32. The molecule has 7 heteroatoms. The molecule has 0 aliphatic carbocycles. The Hall–Kier alpha value is -1.14. The molecule has 1 aliphatic heterocycles. The average Bonchev–Trinajstić information content (AvgIpc) is 2.61.